The highest BCUT2D eigenvalue weighted by Crippen LogP contribution is 2.40. The Morgan fingerprint density at radius 1 is 1.03 bits per heavy atom. The minimum absolute atomic E-state index is 0.286. The summed E-state index contributed by atoms with van der Waals surface area (Å²) in [5.74, 6) is 1.28. The lowest BCUT2D eigenvalue weighted by atomic mass is 10.2. The Bertz CT molecular complexity index is 1370. The second kappa shape index (κ2) is 7.33. The summed E-state index contributed by atoms with van der Waals surface area (Å²) in [6.45, 7) is 4.27. The first-order chi connectivity index (χ1) is 14.4. The van der Waals surface area contributed by atoms with Crippen LogP contribution in [0.1, 0.15) is 10.6 Å². The van der Waals surface area contributed by atoms with Gasteiger partial charge < -0.3 is 0 Å². The van der Waals surface area contributed by atoms with Crippen molar-refractivity contribution in [2.75, 3.05) is 16.6 Å². The maximum absolute atomic E-state index is 13.6. The average molecular weight is 455 g/mol. The minimum Gasteiger partial charge on any atom is -0.264 e. The Morgan fingerprint density at radius 3 is 2.63 bits per heavy atom. The second-order valence-electron chi connectivity index (χ2n) is 7.05. The standard InChI is InChI=1S/C21H18N4O2S3/c1-13-11-22-21(23-12-13)15-3-6-19-18(9-15)25(7-8-28-19)30(26,27)16-4-5-17-20(10-16)29-14(2)24-17/h3-6,9-12H,7-8H2,1-2H3. The molecular weight excluding hydrogens is 436 g/mol. The molecule has 0 saturated heterocycles. The summed E-state index contributed by atoms with van der Waals surface area (Å²) < 4.78 is 29.5. The molecule has 0 N–H and O–H groups in total. The van der Waals surface area contributed by atoms with Crippen molar-refractivity contribution in [1.29, 1.82) is 0 Å². The molecule has 2 aromatic carbocycles. The number of nitrogens with zero attached hydrogens (tertiary/aromatic N) is 4. The normalized spacial score (nSPS) is 14.1. The maximum atomic E-state index is 13.6. The summed E-state index contributed by atoms with van der Waals surface area (Å²) >= 11 is 3.16. The molecule has 2 aromatic heterocycles. The van der Waals surface area contributed by atoms with Crippen LogP contribution in [-0.4, -0.2) is 35.7 Å². The molecule has 9 heteroatoms. The van der Waals surface area contributed by atoms with E-state index in [0.29, 0.717) is 23.8 Å². The van der Waals surface area contributed by atoms with E-state index in [1.54, 1.807) is 42.4 Å². The van der Waals surface area contributed by atoms with E-state index in [1.165, 1.54) is 15.6 Å². The van der Waals surface area contributed by atoms with Crippen molar-refractivity contribution >= 4 is 49.0 Å². The molecule has 0 aliphatic carbocycles. The number of hydrogen-bond donors (Lipinski definition) is 0. The van der Waals surface area contributed by atoms with Crippen LogP contribution in [0.4, 0.5) is 5.69 Å². The molecule has 4 aromatic rings. The summed E-state index contributed by atoms with van der Waals surface area (Å²) in [5, 5.41) is 0.919. The van der Waals surface area contributed by atoms with Crippen LogP contribution >= 0.6 is 23.1 Å². The van der Waals surface area contributed by atoms with E-state index >= 15 is 0 Å². The third-order valence-electron chi connectivity index (χ3n) is 4.87. The van der Waals surface area contributed by atoms with Crippen LogP contribution in [-0.2, 0) is 10.0 Å². The lowest BCUT2D eigenvalue weighted by Gasteiger charge is -2.30. The van der Waals surface area contributed by atoms with Crippen LogP contribution < -0.4 is 4.31 Å². The zero-order valence-electron chi connectivity index (χ0n) is 16.4. The molecule has 0 spiro atoms. The molecule has 0 atom stereocenters. The molecule has 1 aliphatic rings. The third kappa shape index (κ3) is 3.36. The van der Waals surface area contributed by atoms with Gasteiger partial charge in [-0.2, -0.15) is 0 Å². The van der Waals surface area contributed by atoms with E-state index in [4.69, 9.17) is 0 Å². The molecule has 0 fully saturated rings. The number of thiazole rings is 1. The van der Waals surface area contributed by atoms with Crippen molar-refractivity contribution in [1.82, 2.24) is 15.0 Å². The predicted octanol–water partition coefficient (Wildman–Crippen LogP) is 4.67. The van der Waals surface area contributed by atoms with Gasteiger partial charge in [-0.05, 0) is 55.8 Å². The SMILES string of the molecule is Cc1cnc(-c2ccc3c(c2)N(S(=O)(=O)c2ccc4nc(C)sc4c2)CCS3)nc1. The highest BCUT2D eigenvalue weighted by molar-refractivity contribution is 8.00. The Hall–Kier alpha value is -2.49. The summed E-state index contributed by atoms with van der Waals surface area (Å²) in [6, 6.07) is 10.9. The number of aromatic nitrogens is 3. The van der Waals surface area contributed by atoms with Gasteiger partial charge in [0.25, 0.3) is 10.0 Å². The number of thioether (sulfide) groups is 1. The number of aryl methyl sites for hydroxylation is 2. The summed E-state index contributed by atoms with van der Waals surface area (Å²) in [4.78, 5) is 14.4. The average Bonchev–Trinajstić information content (AvgIpc) is 3.12. The fourth-order valence-corrected chi connectivity index (χ4v) is 7.02. The minimum atomic E-state index is -3.71. The lowest BCUT2D eigenvalue weighted by Crippen LogP contribution is -2.35. The number of anilines is 1. The van der Waals surface area contributed by atoms with Crippen LogP contribution in [0.15, 0.2) is 58.6 Å². The number of hydrogen-bond acceptors (Lipinski definition) is 7. The van der Waals surface area contributed by atoms with Gasteiger partial charge in [-0.3, -0.25) is 4.31 Å². The molecule has 3 heterocycles. The molecule has 0 amide bonds. The van der Waals surface area contributed by atoms with Crippen molar-refractivity contribution in [2.24, 2.45) is 0 Å². The molecule has 0 bridgehead atoms. The lowest BCUT2D eigenvalue weighted by molar-refractivity contribution is 0.591. The number of rotatable bonds is 3. The number of sulfonamides is 1. The summed E-state index contributed by atoms with van der Waals surface area (Å²) in [5.41, 5.74) is 3.27. The van der Waals surface area contributed by atoms with E-state index < -0.39 is 10.0 Å². The van der Waals surface area contributed by atoms with Crippen LogP contribution in [0.3, 0.4) is 0 Å². The molecule has 0 saturated carbocycles. The van der Waals surface area contributed by atoms with Crippen molar-refractivity contribution in [3.05, 3.63) is 59.4 Å². The fraction of sp³-hybridized carbons (Fsp3) is 0.190. The first kappa shape index (κ1) is 19.5. The van der Waals surface area contributed by atoms with Gasteiger partial charge in [-0.25, -0.2) is 23.4 Å². The van der Waals surface area contributed by atoms with Gasteiger partial charge >= 0.3 is 0 Å². The Balaban J connectivity index is 1.59. The highest BCUT2D eigenvalue weighted by atomic mass is 32.2. The molecule has 0 radical (unpaired) electrons. The van der Waals surface area contributed by atoms with Crippen molar-refractivity contribution < 1.29 is 8.42 Å². The zero-order chi connectivity index (χ0) is 20.9. The van der Waals surface area contributed by atoms with Crippen molar-refractivity contribution in [3.63, 3.8) is 0 Å². The van der Waals surface area contributed by atoms with E-state index in [-0.39, 0.29) is 4.90 Å². The highest BCUT2D eigenvalue weighted by Gasteiger charge is 2.30. The van der Waals surface area contributed by atoms with Crippen LogP contribution in [0.5, 0.6) is 0 Å². The van der Waals surface area contributed by atoms with E-state index in [1.807, 2.05) is 32.0 Å². The molecule has 1 aliphatic heterocycles. The van der Waals surface area contributed by atoms with Crippen LogP contribution in [0, 0.1) is 13.8 Å². The topological polar surface area (TPSA) is 76.1 Å². The van der Waals surface area contributed by atoms with Gasteiger partial charge in [-0.15, -0.1) is 23.1 Å². The van der Waals surface area contributed by atoms with E-state index in [9.17, 15) is 8.42 Å². The largest absolute Gasteiger partial charge is 0.264 e. The first-order valence-corrected chi connectivity index (χ1v) is 12.6. The quantitative estimate of drug-likeness (QED) is 0.448. The van der Waals surface area contributed by atoms with Crippen molar-refractivity contribution in [2.45, 2.75) is 23.6 Å². The smallest absolute Gasteiger partial charge is 0.264 e. The third-order valence-corrected chi connectivity index (χ3v) is 8.66. The number of benzene rings is 2. The summed E-state index contributed by atoms with van der Waals surface area (Å²) in [7, 11) is -3.71. The number of fused-ring (bicyclic) bond motifs is 2. The van der Waals surface area contributed by atoms with Crippen LogP contribution in [0.25, 0.3) is 21.6 Å². The molecular formula is C21H18N4O2S3. The Labute approximate surface area is 183 Å². The van der Waals surface area contributed by atoms with Crippen molar-refractivity contribution in [3.8, 4) is 11.4 Å². The van der Waals surface area contributed by atoms with Gasteiger partial charge in [0, 0.05) is 35.2 Å². The van der Waals surface area contributed by atoms with Gasteiger partial charge in [-0.1, -0.05) is 0 Å². The second-order valence-corrected chi connectivity index (χ2v) is 11.3. The zero-order valence-corrected chi connectivity index (χ0v) is 18.8. The molecule has 6 nitrogen and oxygen atoms in total. The van der Waals surface area contributed by atoms with E-state index in [2.05, 4.69) is 15.0 Å². The summed E-state index contributed by atoms with van der Waals surface area (Å²) in [6.07, 6.45) is 3.52. The van der Waals surface area contributed by atoms with Gasteiger partial charge in [0.15, 0.2) is 5.82 Å². The van der Waals surface area contributed by atoms with Gasteiger partial charge in [0.05, 0.1) is 25.8 Å². The molecule has 5 rings (SSSR count). The Kier molecular flexibility index (Phi) is 4.76. The molecule has 152 valence electrons. The Morgan fingerprint density at radius 2 is 1.83 bits per heavy atom. The van der Waals surface area contributed by atoms with Crippen LogP contribution in [0.2, 0.25) is 0 Å². The monoisotopic (exact) mass is 454 g/mol. The molecule has 0 unspecified atom stereocenters. The predicted molar refractivity (Wildman–Crippen MR) is 122 cm³/mol. The molecule has 30 heavy (non-hydrogen) atoms. The van der Waals surface area contributed by atoms with E-state index in [0.717, 1.165) is 31.2 Å². The maximum Gasteiger partial charge on any atom is 0.264 e. The van der Waals surface area contributed by atoms with Gasteiger partial charge in [0.2, 0.25) is 0 Å². The first-order valence-electron chi connectivity index (χ1n) is 9.38. The van der Waals surface area contributed by atoms with Gasteiger partial charge in [0.1, 0.15) is 0 Å². The fourth-order valence-electron chi connectivity index (χ4n) is 3.43.